The Balaban J connectivity index is 1.74. The Hall–Kier alpha value is -3.26. The van der Waals surface area contributed by atoms with Crippen molar-refractivity contribution in [3.63, 3.8) is 0 Å². The molecule has 5 heteroatoms. The highest BCUT2D eigenvalue weighted by Crippen LogP contribution is 2.23. The Morgan fingerprint density at radius 3 is 2.87 bits per heavy atom. The number of para-hydroxylation sites is 1. The zero-order chi connectivity index (χ0) is 16.2. The number of hydrogen-bond acceptors (Lipinski definition) is 2. The number of carboxylic acids is 1. The second kappa shape index (κ2) is 6.24. The molecular weight excluding hydrogens is 290 g/mol. The van der Waals surface area contributed by atoms with E-state index in [-0.39, 0.29) is 5.56 Å². The normalized spacial score (nSPS) is 10.4. The molecule has 0 aliphatic heterocycles. The molecular formula is C18H15N3O2. The van der Waals surface area contributed by atoms with Gasteiger partial charge in [-0.1, -0.05) is 24.3 Å². The molecule has 0 radical (unpaired) electrons. The van der Waals surface area contributed by atoms with Crippen LogP contribution in [0.3, 0.4) is 0 Å². The van der Waals surface area contributed by atoms with Gasteiger partial charge in [0.25, 0.3) is 0 Å². The summed E-state index contributed by atoms with van der Waals surface area (Å²) in [6.45, 7) is 7.58. The first-order chi connectivity index (χ1) is 11.2. The number of carbonyl (C=O) groups is 1. The van der Waals surface area contributed by atoms with Gasteiger partial charge in [-0.3, -0.25) is 0 Å². The van der Waals surface area contributed by atoms with Gasteiger partial charge in [0.2, 0.25) is 0 Å². The van der Waals surface area contributed by atoms with Crippen LogP contribution in [-0.2, 0) is 6.42 Å². The number of anilines is 1. The van der Waals surface area contributed by atoms with Crippen LogP contribution in [0, 0.1) is 6.57 Å². The molecule has 0 fully saturated rings. The average molecular weight is 305 g/mol. The summed E-state index contributed by atoms with van der Waals surface area (Å²) in [4.78, 5) is 17.8. The quantitative estimate of drug-likeness (QED) is 0.622. The van der Waals surface area contributed by atoms with Gasteiger partial charge in [-0.25, -0.2) is 9.64 Å². The molecule has 3 aromatic rings. The number of H-pyrrole nitrogens is 1. The molecule has 3 N–H and O–H groups in total. The Morgan fingerprint density at radius 1 is 1.26 bits per heavy atom. The number of benzene rings is 2. The number of nitrogens with zero attached hydrogens (tertiary/aromatic N) is 1. The van der Waals surface area contributed by atoms with Crippen LogP contribution in [-0.4, -0.2) is 22.6 Å². The van der Waals surface area contributed by atoms with Gasteiger partial charge in [0.15, 0.2) is 5.69 Å². The number of hydrogen-bond donors (Lipinski definition) is 3. The van der Waals surface area contributed by atoms with E-state index in [9.17, 15) is 9.90 Å². The first-order valence-corrected chi connectivity index (χ1v) is 7.22. The number of fused-ring (bicyclic) bond motifs is 1. The summed E-state index contributed by atoms with van der Waals surface area (Å²) in [6.07, 6.45) is 2.75. The zero-order valence-corrected chi connectivity index (χ0v) is 12.3. The van der Waals surface area contributed by atoms with Crippen molar-refractivity contribution in [1.29, 1.82) is 0 Å². The molecule has 0 aliphatic carbocycles. The van der Waals surface area contributed by atoms with Gasteiger partial charge in [0.05, 0.1) is 12.1 Å². The standard InChI is InChI=1S/C18H15N3O2/c1-19-13-6-7-17(15(10-13)18(22)23)20-9-8-12-11-21-16-5-3-2-4-14(12)16/h2-7,10-11,20-21H,8-9H2,(H,22,23). The summed E-state index contributed by atoms with van der Waals surface area (Å²) < 4.78 is 0. The number of nitrogens with one attached hydrogen (secondary N) is 2. The van der Waals surface area contributed by atoms with E-state index in [1.165, 1.54) is 17.0 Å². The lowest BCUT2D eigenvalue weighted by Crippen LogP contribution is -2.09. The maximum Gasteiger partial charge on any atom is 0.336 e. The van der Waals surface area contributed by atoms with E-state index in [0.717, 1.165) is 11.9 Å². The number of aromatic carboxylic acids is 1. The molecule has 0 spiro atoms. The van der Waals surface area contributed by atoms with Crippen LogP contribution in [0.1, 0.15) is 15.9 Å². The number of rotatable bonds is 5. The number of carboxylic acid groups (broad SMARTS) is 1. The van der Waals surface area contributed by atoms with E-state index in [1.807, 2.05) is 24.4 Å². The Labute approximate surface area is 133 Å². The maximum absolute atomic E-state index is 11.3. The van der Waals surface area contributed by atoms with E-state index in [0.29, 0.717) is 17.9 Å². The summed E-state index contributed by atoms with van der Waals surface area (Å²) in [5.41, 5.74) is 3.25. The van der Waals surface area contributed by atoms with Gasteiger partial charge in [-0.15, -0.1) is 0 Å². The summed E-state index contributed by atoms with van der Waals surface area (Å²) >= 11 is 0. The molecule has 3 rings (SSSR count). The van der Waals surface area contributed by atoms with Gasteiger partial charge < -0.3 is 15.4 Å². The Bertz CT molecular complexity index is 906. The minimum Gasteiger partial charge on any atom is -0.478 e. The first-order valence-electron chi connectivity index (χ1n) is 7.22. The topological polar surface area (TPSA) is 69.5 Å². The molecule has 0 atom stereocenters. The van der Waals surface area contributed by atoms with Crippen LogP contribution >= 0.6 is 0 Å². The molecule has 114 valence electrons. The third kappa shape index (κ3) is 3.01. The zero-order valence-electron chi connectivity index (χ0n) is 12.3. The van der Waals surface area contributed by atoms with Crippen molar-refractivity contribution in [1.82, 2.24) is 4.98 Å². The predicted octanol–water partition coefficient (Wildman–Crippen LogP) is 4.07. The Morgan fingerprint density at radius 2 is 2.09 bits per heavy atom. The molecule has 0 bridgehead atoms. The highest BCUT2D eigenvalue weighted by atomic mass is 16.4. The minimum absolute atomic E-state index is 0.123. The highest BCUT2D eigenvalue weighted by molar-refractivity contribution is 5.95. The summed E-state index contributed by atoms with van der Waals surface area (Å²) in [7, 11) is 0. The van der Waals surface area contributed by atoms with Crippen LogP contribution in [0.15, 0.2) is 48.7 Å². The van der Waals surface area contributed by atoms with Gasteiger partial charge >= 0.3 is 5.97 Å². The predicted molar refractivity (Wildman–Crippen MR) is 90.2 cm³/mol. The molecule has 5 nitrogen and oxygen atoms in total. The van der Waals surface area contributed by atoms with Crippen molar-refractivity contribution in [3.8, 4) is 0 Å². The lowest BCUT2D eigenvalue weighted by atomic mass is 10.1. The molecule has 0 unspecified atom stereocenters. The maximum atomic E-state index is 11.3. The fourth-order valence-corrected chi connectivity index (χ4v) is 2.60. The van der Waals surface area contributed by atoms with E-state index < -0.39 is 5.97 Å². The smallest absolute Gasteiger partial charge is 0.336 e. The van der Waals surface area contributed by atoms with Gasteiger partial charge in [-0.05, 0) is 30.2 Å². The SMILES string of the molecule is [C-]#[N+]c1ccc(NCCc2c[nH]c3ccccc23)c(C(=O)O)c1. The van der Waals surface area contributed by atoms with E-state index >= 15 is 0 Å². The second-order valence-electron chi connectivity index (χ2n) is 5.18. The molecule has 1 aromatic heterocycles. The van der Waals surface area contributed by atoms with Crippen molar-refractivity contribution < 1.29 is 9.90 Å². The molecule has 0 saturated carbocycles. The highest BCUT2D eigenvalue weighted by Gasteiger charge is 2.11. The number of aromatic amines is 1. The van der Waals surface area contributed by atoms with Crippen molar-refractivity contribution in [2.24, 2.45) is 0 Å². The third-order valence-corrected chi connectivity index (χ3v) is 3.75. The fraction of sp³-hybridized carbons (Fsp3) is 0.111. The summed E-state index contributed by atoms with van der Waals surface area (Å²) in [6, 6.07) is 12.7. The lowest BCUT2D eigenvalue weighted by molar-refractivity contribution is 0.0698. The molecule has 23 heavy (non-hydrogen) atoms. The van der Waals surface area contributed by atoms with Crippen LogP contribution < -0.4 is 5.32 Å². The van der Waals surface area contributed by atoms with Crippen molar-refractivity contribution in [2.75, 3.05) is 11.9 Å². The van der Waals surface area contributed by atoms with Crippen molar-refractivity contribution >= 4 is 28.2 Å². The Kier molecular flexibility index (Phi) is 3.98. The second-order valence-corrected chi connectivity index (χ2v) is 5.18. The van der Waals surface area contributed by atoms with Crippen LogP contribution in [0.5, 0.6) is 0 Å². The van der Waals surface area contributed by atoms with Gasteiger partial charge in [0.1, 0.15) is 0 Å². The molecule has 0 saturated heterocycles. The van der Waals surface area contributed by atoms with Crippen LogP contribution in [0.2, 0.25) is 0 Å². The van der Waals surface area contributed by atoms with Gasteiger partial charge in [0, 0.05) is 29.3 Å². The average Bonchev–Trinajstić information content (AvgIpc) is 2.98. The van der Waals surface area contributed by atoms with Crippen molar-refractivity contribution in [2.45, 2.75) is 6.42 Å². The largest absolute Gasteiger partial charge is 0.478 e. The van der Waals surface area contributed by atoms with E-state index in [2.05, 4.69) is 21.2 Å². The monoisotopic (exact) mass is 305 g/mol. The minimum atomic E-state index is -1.04. The van der Waals surface area contributed by atoms with E-state index in [4.69, 9.17) is 6.57 Å². The van der Waals surface area contributed by atoms with Crippen LogP contribution in [0.25, 0.3) is 15.7 Å². The van der Waals surface area contributed by atoms with Crippen LogP contribution in [0.4, 0.5) is 11.4 Å². The third-order valence-electron chi connectivity index (χ3n) is 3.75. The lowest BCUT2D eigenvalue weighted by Gasteiger charge is -2.10. The molecule has 1 heterocycles. The molecule has 0 amide bonds. The van der Waals surface area contributed by atoms with E-state index in [1.54, 1.807) is 12.1 Å². The first kappa shape index (κ1) is 14.7. The number of aromatic nitrogens is 1. The molecule has 2 aromatic carbocycles. The summed E-state index contributed by atoms with van der Waals surface area (Å²) in [5.74, 6) is -1.04. The van der Waals surface area contributed by atoms with Crippen molar-refractivity contribution in [3.05, 3.63) is 71.2 Å². The molecule has 0 aliphatic rings. The van der Waals surface area contributed by atoms with Gasteiger partial charge in [-0.2, -0.15) is 0 Å². The fourth-order valence-electron chi connectivity index (χ4n) is 2.60. The summed E-state index contributed by atoms with van der Waals surface area (Å²) in [5, 5.41) is 13.6.